The van der Waals surface area contributed by atoms with Crippen molar-refractivity contribution < 1.29 is 9.00 Å². The number of nitrogens with two attached hydrogens (primary N) is 1. The van der Waals surface area contributed by atoms with Gasteiger partial charge < -0.3 is 11.1 Å². The van der Waals surface area contributed by atoms with E-state index in [-0.39, 0.29) is 5.91 Å². The van der Waals surface area contributed by atoms with Crippen molar-refractivity contribution in [2.75, 3.05) is 12.3 Å². The van der Waals surface area contributed by atoms with Crippen LogP contribution in [0.5, 0.6) is 0 Å². The summed E-state index contributed by atoms with van der Waals surface area (Å²) < 4.78 is 12.4. The number of hydrogen-bond donors (Lipinski definition) is 2. The van der Waals surface area contributed by atoms with E-state index in [4.69, 9.17) is 17.3 Å². The van der Waals surface area contributed by atoms with Gasteiger partial charge in [0, 0.05) is 12.2 Å². The van der Waals surface area contributed by atoms with Crippen molar-refractivity contribution in [2.24, 2.45) is 5.92 Å². The zero-order chi connectivity index (χ0) is 15.3. The maximum absolute atomic E-state index is 12.4. The van der Waals surface area contributed by atoms with Crippen LogP contribution in [0.25, 0.3) is 0 Å². The van der Waals surface area contributed by atoms with Crippen LogP contribution in [0, 0.1) is 5.92 Å². The van der Waals surface area contributed by atoms with Gasteiger partial charge in [-0.05, 0) is 31.4 Å². The van der Waals surface area contributed by atoms with E-state index in [9.17, 15) is 9.00 Å². The largest absolute Gasteiger partial charge is 0.398 e. The average molecular weight is 317 g/mol. The highest BCUT2D eigenvalue weighted by atomic mass is 35.5. The van der Waals surface area contributed by atoms with Crippen LogP contribution in [0.1, 0.15) is 27.2 Å². The molecule has 0 fully saturated rings. The van der Waals surface area contributed by atoms with E-state index in [1.807, 2.05) is 0 Å². The molecule has 0 aliphatic heterocycles. The van der Waals surface area contributed by atoms with Crippen LogP contribution in [-0.4, -0.2) is 21.9 Å². The lowest BCUT2D eigenvalue weighted by Gasteiger charge is -2.15. The van der Waals surface area contributed by atoms with Crippen LogP contribution in [0.3, 0.4) is 0 Å². The summed E-state index contributed by atoms with van der Waals surface area (Å²) in [5.74, 6) is 0.263. The first kappa shape index (κ1) is 17.0. The second kappa shape index (κ2) is 7.64. The van der Waals surface area contributed by atoms with Gasteiger partial charge in [-0.25, -0.2) is 0 Å². The fraction of sp³-hybridized carbons (Fsp3) is 0.500. The van der Waals surface area contributed by atoms with Crippen LogP contribution >= 0.6 is 11.6 Å². The van der Waals surface area contributed by atoms with Crippen LogP contribution in [0.15, 0.2) is 23.1 Å². The van der Waals surface area contributed by atoms with Gasteiger partial charge in [-0.1, -0.05) is 31.5 Å². The highest BCUT2D eigenvalue weighted by Crippen LogP contribution is 2.27. The molecule has 0 saturated carbocycles. The summed E-state index contributed by atoms with van der Waals surface area (Å²) in [7, 11) is -1.56. The van der Waals surface area contributed by atoms with Crippen LogP contribution in [-0.2, 0) is 15.6 Å². The number of carbonyl (C=O) groups is 1. The quantitative estimate of drug-likeness (QED) is 0.792. The van der Waals surface area contributed by atoms with E-state index in [0.29, 0.717) is 28.1 Å². The number of anilines is 1. The molecule has 2 unspecified atom stereocenters. The topological polar surface area (TPSA) is 72.2 Å². The molecule has 0 aliphatic rings. The van der Waals surface area contributed by atoms with E-state index >= 15 is 0 Å². The number of nitrogens with one attached hydrogen (secondary N) is 1. The summed E-state index contributed by atoms with van der Waals surface area (Å²) >= 11 is 6.01. The normalized spacial score (nSPS) is 14.1. The Balaban J connectivity index is 2.74. The summed E-state index contributed by atoms with van der Waals surface area (Å²) in [6, 6.07) is 4.93. The van der Waals surface area contributed by atoms with Crippen LogP contribution in [0.2, 0.25) is 5.02 Å². The molecule has 3 N–H and O–H groups in total. The van der Waals surface area contributed by atoms with Crippen LogP contribution < -0.4 is 11.1 Å². The third-order valence-electron chi connectivity index (χ3n) is 2.91. The molecule has 4 nitrogen and oxygen atoms in total. The number of nitrogen functional groups attached to an aromatic ring is 1. The standard InChI is InChI=1S/C14H21ClN2O2S/c1-9(2)7-8-17-14(18)10(3)20(19)13-11(15)5-4-6-12(13)16/h4-6,9-10H,7-8,16H2,1-3H3,(H,17,18). The maximum Gasteiger partial charge on any atom is 0.235 e. The number of carbonyl (C=O) groups excluding carboxylic acids is 1. The Kier molecular flexibility index (Phi) is 6.49. The molecule has 1 amide bonds. The first-order chi connectivity index (χ1) is 9.34. The SMILES string of the molecule is CC(C)CCNC(=O)C(C)S(=O)c1c(N)cccc1Cl. The zero-order valence-corrected chi connectivity index (χ0v) is 13.6. The third kappa shape index (κ3) is 4.49. The fourth-order valence-electron chi connectivity index (χ4n) is 1.64. The monoisotopic (exact) mass is 316 g/mol. The minimum atomic E-state index is -1.56. The molecule has 1 rings (SSSR count). The third-order valence-corrected chi connectivity index (χ3v) is 5.05. The molecule has 0 radical (unpaired) electrons. The van der Waals surface area contributed by atoms with E-state index in [2.05, 4.69) is 19.2 Å². The number of rotatable bonds is 6. The molecule has 20 heavy (non-hydrogen) atoms. The van der Waals surface area contributed by atoms with E-state index in [1.54, 1.807) is 25.1 Å². The molecule has 1 aromatic rings. The molecule has 0 bridgehead atoms. The van der Waals surface area contributed by atoms with Crippen molar-refractivity contribution in [1.82, 2.24) is 5.32 Å². The smallest absolute Gasteiger partial charge is 0.235 e. The molecule has 1 aromatic carbocycles. The molecular formula is C14H21ClN2O2S. The number of amides is 1. The summed E-state index contributed by atoms with van der Waals surface area (Å²) in [5.41, 5.74) is 6.14. The Morgan fingerprint density at radius 1 is 1.40 bits per heavy atom. The summed E-state index contributed by atoms with van der Waals surface area (Å²) in [6.45, 7) is 6.36. The van der Waals surface area contributed by atoms with Crippen molar-refractivity contribution >= 4 is 34.0 Å². The summed E-state index contributed by atoms with van der Waals surface area (Å²) in [5, 5.41) is 2.42. The van der Waals surface area contributed by atoms with Gasteiger partial charge in [0.2, 0.25) is 5.91 Å². The molecule has 0 aliphatic carbocycles. The number of hydrogen-bond acceptors (Lipinski definition) is 3. The molecular weight excluding hydrogens is 296 g/mol. The first-order valence-electron chi connectivity index (χ1n) is 6.56. The van der Waals surface area contributed by atoms with Gasteiger partial charge in [0.15, 0.2) is 0 Å². The Morgan fingerprint density at radius 2 is 2.05 bits per heavy atom. The van der Waals surface area contributed by atoms with E-state index in [1.165, 1.54) is 0 Å². The lowest BCUT2D eigenvalue weighted by molar-refractivity contribution is -0.120. The predicted octanol–water partition coefficient (Wildman–Crippen LogP) is 2.58. The lowest BCUT2D eigenvalue weighted by atomic mass is 10.1. The Morgan fingerprint density at radius 3 is 2.60 bits per heavy atom. The Labute approximate surface area is 127 Å². The van der Waals surface area contributed by atoms with Crippen molar-refractivity contribution in [3.8, 4) is 0 Å². The van der Waals surface area contributed by atoms with Crippen LogP contribution in [0.4, 0.5) is 5.69 Å². The zero-order valence-electron chi connectivity index (χ0n) is 12.0. The second-order valence-electron chi connectivity index (χ2n) is 5.07. The van der Waals surface area contributed by atoms with Gasteiger partial charge in [0.1, 0.15) is 5.25 Å². The molecule has 0 saturated heterocycles. The van der Waals surface area contributed by atoms with Gasteiger partial charge in [0.25, 0.3) is 0 Å². The minimum Gasteiger partial charge on any atom is -0.398 e. The lowest BCUT2D eigenvalue weighted by Crippen LogP contribution is -2.36. The maximum atomic E-state index is 12.4. The van der Waals surface area contributed by atoms with Crippen molar-refractivity contribution in [3.63, 3.8) is 0 Å². The number of halogens is 1. The van der Waals surface area contributed by atoms with Gasteiger partial charge in [-0.15, -0.1) is 0 Å². The van der Waals surface area contributed by atoms with Gasteiger partial charge in [-0.3, -0.25) is 9.00 Å². The molecule has 0 spiro atoms. The van der Waals surface area contributed by atoms with Crippen molar-refractivity contribution in [1.29, 1.82) is 0 Å². The van der Waals surface area contributed by atoms with Gasteiger partial charge >= 0.3 is 0 Å². The summed E-state index contributed by atoms with van der Waals surface area (Å²) in [6.07, 6.45) is 0.888. The van der Waals surface area contributed by atoms with Gasteiger partial charge in [-0.2, -0.15) is 0 Å². The number of benzene rings is 1. The highest BCUT2D eigenvalue weighted by molar-refractivity contribution is 7.86. The van der Waals surface area contributed by atoms with Crippen molar-refractivity contribution in [3.05, 3.63) is 23.2 Å². The van der Waals surface area contributed by atoms with E-state index < -0.39 is 16.0 Å². The average Bonchev–Trinajstić information content (AvgIpc) is 2.36. The van der Waals surface area contributed by atoms with E-state index in [0.717, 1.165) is 6.42 Å². The molecule has 112 valence electrons. The molecule has 0 heterocycles. The van der Waals surface area contributed by atoms with Gasteiger partial charge in [0.05, 0.1) is 20.7 Å². The summed E-state index contributed by atoms with van der Waals surface area (Å²) in [4.78, 5) is 12.3. The molecule has 2 atom stereocenters. The minimum absolute atomic E-state index is 0.247. The Hall–Kier alpha value is -1.07. The molecule has 0 aromatic heterocycles. The highest BCUT2D eigenvalue weighted by Gasteiger charge is 2.24. The fourth-order valence-corrected chi connectivity index (χ4v) is 3.24. The Bertz CT molecular complexity index is 486. The second-order valence-corrected chi connectivity index (χ2v) is 7.19. The first-order valence-corrected chi connectivity index (χ1v) is 8.16. The van der Waals surface area contributed by atoms with Crippen molar-refractivity contribution in [2.45, 2.75) is 37.3 Å². The predicted molar refractivity (Wildman–Crippen MR) is 84.2 cm³/mol. The molecule has 6 heteroatoms.